The van der Waals surface area contributed by atoms with Gasteiger partial charge in [0.25, 0.3) is 0 Å². The Morgan fingerprint density at radius 3 is 2.30 bits per heavy atom. The largest absolute Gasteiger partial charge is 0.348 e. The molecule has 1 aliphatic heterocycles. The van der Waals surface area contributed by atoms with E-state index in [0.717, 1.165) is 26.2 Å². The molecular formula is C15H23N5O2S. The first-order valence-electron chi connectivity index (χ1n) is 7.82. The summed E-state index contributed by atoms with van der Waals surface area (Å²) in [5.41, 5.74) is 2.53. The summed E-state index contributed by atoms with van der Waals surface area (Å²) in [6.07, 6.45) is 2.79. The Bertz CT molecular complexity index is 723. The van der Waals surface area contributed by atoms with Gasteiger partial charge >= 0.3 is 0 Å². The molecule has 1 saturated heterocycles. The van der Waals surface area contributed by atoms with Crippen molar-refractivity contribution >= 4 is 10.0 Å². The number of sulfonamides is 1. The Morgan fingerprint density at radius 2 is 1.74 bits per heavy atom. The molecule has 2 aromatic rings. The van der Waals surface area contributed by atoms with Crippen molar-refractivity contribution in [3.63, 3.8) is 0 Å². The fourth-order valence-electron chi connectivity index (χ4n) is 3.02. The van der Waals surface area contributed by atoms with E-state index in [-0.39, 0.29) is 4.90 Å². The molecule has 0 aromatic carbocycles. The maximum atomic E-state index is 12.4. The molecule has 1 aliphatic rings. The number of aromatic amines is 1. The van der Waals surface area contributed by atoms with Crippen LogP contribution in [0.5, 0.6) is 0 Å². The van der Waals surface area contributed by atoms with Crippen molar-refractivity contribution in [2.75, 3.05) is 32.7 Å². The number of aromatic nitrogens is 3. The zero-order valence-electron chi connectivity index (χ0n) is 13.6. The Labute approximate surface area is 136 Å². The van der Waals surface area contributed by atoms with E-state index in [1.165, 1.54) is 23.8 Å². The van der Waals surface area contributed by atoms with Gasteiger partial charge in [0.2, 0.25) is 10.0 Å². The SMILES string of the molecule is Cc1ccc(C)n1CCN1CCN(S(=O)(=O)c2cn[nH]c2)CC1. The monoisotopic (exact) mass is 337 g/mol. The molecule has 0 radical (unpaired) electrons. The van der Waals surface area contributed by atoms with Crippen molar-refractivity contribution in [3.05, 3.63) is 35.9 Å². The fourth-order valence-corrected chi connectivity index (χ4v) is 4.35. The van der Waals surface area contributed by atoms with Crippen LogP contribution in [0.3, 0.4) is 0 Å². The van der Waals surface area contributed by atoms with Gasteiger partial charge in [0, 0.05) is 56.9 Å². The summed E-state index contributed by atoms with van der Waals surface area (Å²) >= 11 is 0. The molecule has 0 saturated carbocycles. The Kier molecular flexibility index (Phi) is 4.56. The van der Waals surface area contributed by atoms with Crippen LogP contribution < -0.4 is 0 Å². The topological polar surface area (TPSA) is 74.2 Å². The van der Waals surface area contributed by atoms with Crippen molar-refractivity contribution in [2.24, 2.45) is 0 Å². The molecule has 0 amide bonds. The van der Waals surface area contributed by atoms with Crippen LogP contribution in [0.2, 0.25) is 0 Å². The summed E-state index contributed by atoms with van der Waals surface area (Å²) in [5, 5.41) is 6.29. The first kappa shape index (κ1) is 16.2. The molecule has 0 bridgehead atoms. The fraction of sp³-hybridized carbons (Fsp3) is 0.533. The van der Waals surface area contributed by atoms with Crippen molar-refractivity contribution in [3.8, 4) is 0 Å². The van der Waals surface area contributed by atoms with Gasteiger partial charge in [-0.1, -0.05) is 0 Å². The molecule has 3 heterocycles. The van der Waals surface area contributed by atoms with Gasteiger partial charge in [0.1, 0.15) is 4.90 Å². The number of nitrogens with zero attached hydrogens (tertiary/aromatic N) is 4. The normalized spacial score (nSPS) is 17.7. The molecule has 0 aliphatic carbocycles. The smallest absolute Gasteiger partial charge is 0.246 e. The van der Waals surface area contributed by atoms with Crippen molar-refractivity contribution in [2.45, 2.75) is 25.3 Å². The molecule has 0 atom stereocenters. The lowest BCUT2D eigenvalue weighted by Crippen LogP contribution is -2.49. The zero-order valence-corrected chi connectivity index (χ0v) is 14.4. The standard InChI is InChI=1S/C15H23N5O2S/c1-13-3-4-14(2)20(13)10-7-18-5-8-19(9-6-18)23(21,22)15-11-16-17-12-15/h3-4,11-12H,5-10H2,1-2H3,(H,16,17). The minimum Gasteiger partial charge on any atom is -0.348 e. The van der Waals surface area contributed by atoms with Gasteiger partial charge in [-0.2, -0.15) is 9.40 Å². The summed E-state index contributed by atoms with van der Waals surface area (Å²) in [6.45, 7) is 8.68. The third-order valence-corrected chi connectivity index (χ3v) is 6.36. The molecule has 7 nitrogen and oxygen atoms in total. The maximum absolute atomic E-state index is 12.4. The average molecular weight is 337 g/mol. The summed E-state index contributed by atoms with van der Waals surface area (Å²) < 4.78 is 28.7. The molecule has 8 heteroatoms. The van der Waals surface area contributed by atoms with Gasteiger partial charge in [0.05, 0.1) is 6.20 Å². The number of hydrogen-bond donors (Lipinski definition) is 1. The Hall–Kier alpha value is -1.64. The van der Waals surface area contributed by atoms with E-state index in [1.54, 1.807) is 4.31 Å². The van der Waals surface area contributed by atoms with Crippen LogP contribution in [0, 0.1) is 13.8 Å². The lowest BCUT2D eigenvalue weighted by molar-refractivity contribution is 0.182. The number of piperazine rings is 1. The molecule has 126 valence electrons. The maximum Gasteiger partial charge on any atom is 0.246 e. The zero-order chi connectivity index (χ0) is 16.4. The molecule has 0 spiro atoms. The van der Waals surface area contributed by atoms with Crippen molar-refractivity contribution in [1.29, 1.82) is 0 Å². The Balaban J connectivity index is 1.55. The predicted octanol–water partition coefficient (Wildman–Crippen LogP) is 0.835. The van der Waals surface area contributed by atoms with Gasteiger partial charge in [-0.15, -0.1) is 0 Å². The van der Waals surface area contributed by atoms with E-state index in [4.69, 9.17) is 0 Å². The second-order valence-electron chi connectivity index (χ2n) is 5.95. The van der Waals surface area contributed by atoms with Gasteiger partial charge in [0.15, 0.2) is 0 Å². The number of rotatable bonds is 5. The van der Waals surface area contributed by atoms with E-state index in [9.17, 15) is 8.42 Å². The average Bonchev–Trinajstić information content (AvgIpc) is 3.18. The molecule has 23 heavy (non-hydrogen) atoms. The third kappa shape index (κ3) is 3.34. The molecule has 1 N–H and O–H groups in total. The molecule has 0 unspecified atom stereocenters. The van der Waals surface area contributed by atoms with Gasteiger partial charge in [-0.3, -0.25) is 10.00 Å². The van der Waals surface area contributed by atoms with E-state index in [0.29, 0.717) is 13.1 Å². The Morgan fingerprint density at radius 1 is 1.09 bits per heavy atom. The summed E-state index contributed by atoms with van der Waals surface area (Å²) in [5.74, 6) is 0. The van der Waals surface area contributed by atoms with Crippen LogP contribution in [-0.4, -0.2) is 65.1 Å². The lowest BCUT2D eigenvalue weighted by atomic mass is 10.3. The van der Waals surface area contributed by atoms with Crippen molar-refractivity contribution in [1.82, 2.24) is 24.0 Å². The predicted molar refractivity (Wildman–Crippen MR) is 87.7 cm³/mol. The second kappa shape index (κ2) is 6.46. The van der Waals surface area contributed by atoms with E-state index in [2.05, 4.69) is 45.6 Å². The summed E-state index contributed by atoms with van der Waals surface area (Å²) in [7, 11) is -3.41. The van der Waals surface area contributed by atoms with Crippen LogP contribution >= 0.6 is 0 Å². The van der Waals surface area contributed by atoms with Gasteiger partial charge < -0.3 is 4.57 Å². The summed E-state index contributed by atoms with van der Waals surface area (Å²) in [6, 6.07) is 4.26. The number of aryl methyl sites for hydroxylation is 2. The molecule has 2 aromatic heterocycles. The highest BCUT2D eigenvalue weighted by Crippen LogP contribution is 2.16. The van der Waals surface area contributed by atoms with Crippen LogP contribution in [0.15, 0.2) is 29.4 Å². The minimum atomic E-state index is -3.41. The highest BCUT2D eigenvalue weighted by atomic mass is 32.2. The van der Waals surface area contributed by atoms with E-state index in [1.807, 2.05) is 0 Å². The molecule has 3 rings (SSSR count). The van der Waals surface area contributed by atoms with E-state index < -0.39 is 10.0 Å². The van der Waals surface area contributed by atoms with Crippen LogP contribution in [0.1, 0.15) is 11.4 Å². The minimum absolute atomic E-state index is 0.240. The number of H-pyrrole nitrogens is 1. The molecular weight excluding hydrogens is 314 g/mol. The lowest BCUT2D eigenvalue weighted by Gasteiger charge is -2.33. The first-order chi connectivity index (χ1) is 11.0. The second-order valence-corrected chi connectivity index (χ2v) is 7.89. The highest BCUT2D eigenvalue weighted by Gasteiger charge is 2.28. The van der Waals surface area contributed by atoms with Crippen molar-refractivity contribution < 1.29 is 8.42 Å². The molecule has 1 fully saturated rings. The highest BCUT2D eigenvalue weighted by molar-refractivity contribution is 7.89. The summed E-state index contributed by atoms with van der Waals surface area (Å²) in [4.78, 5) is 2.56. The van der Waals surface area contributed by atoms with Crippen LogP contribution in [-0.2, 0) is 16.6 Å². The number of hydrogen-bond acceptors (Lipinski definition) is 4. The quantitative estimate of drug-likeness (QED) is 0.877. The van der Waals surface area contributed by atoms with Gasteiger partial charge in [-0.05, 0) is 26.0 Å². The first-order valence-corrected chi connectivity index (χ1v) is 9.26. The van der Waals surface area contributed by atoms with Crippen LogP contribution in [0.25, 0.3) is 0 Å². The van der Waals surface area contributed by atoms with Gasteiger partial charge in [-0.25, -0.2) is 8.42 Å². The third-order valence-electron chi connectivity index (χ3n) is 4.50. The van der Waals surface area contributed by atoms with Crippen LogP contribution in [0.4, 0.5) is 0 Å². The van der Waals surface area contributed by atoms with E-state index >= 15 is 0 Å². The number of nitrogens with one attached hydrogen (secondary N) is 1.